The third-order valence-electron chi connectivity index (χ3n) is 4.63. The lowest BCUT2D eigenvalue weighted by molar-refractivity contribution is -0.140. The van der Waals surface area contributed by atoms with Crippen molar-refractivity contribution < 1.29 is 9.53 Å². The normalized spacial score (nSPS) is 25.9. The average molecular weight is 305 g/mol. The van der Waals surface area contributed by atoms with Gasteiger partial charge in [-0.1, -0.05) is 13.8 Å². The molecule has 2 saturated heterocycles. The quantitative estimate of drug-likeness (QED) is 0.864. The lowest BCUT2D eigenvalue weighted by Crippen LogP contribution is -2.46. The van der Waals surface area contributed by atoms with E-state index in [2.05, 4.69) is 19.2 Å². The van der Waals surface area contributed by atoms with E-state index < -0.39 is 0 Å². The molecule has 0 aliphatic carbocycles. The van der Waals surface area contributed by atoms with E-state index in [-0.39, 0.29) is 18.5 Å². The number of hydrogen-bond acceptors (Lipinski definition) is 3. The van der Waals surface area contributed by atoms with Crippen molar-refractivity contribution in [2.45, 2.75) is 45.6 Å². The molecule has 2 unspecified atom stereocenters. The number of morpholine rings is 1. The van der Waals surface area contributed by atoms with Crippen LogP contribution in [0.4, 0.5) is 0 Å². The summed E-state index contributed by atoms with van der Waals surface area (Å²) in [6.45, 7) is 8.84. The Labute approximate surface area is 129 Å². The van der Waals surface area contributed by atoms with Crippen molar-refractivity contribution in [3.8, 4) is 0 Å². The van der Waals surface area contributed by atoms with Crippen LogP contribution >= 0.6 is 12.4 Å². The standard InChI is InChI=1S/C15H28N2O2.ClH/c1-3-14-11-17(8-9-19-14)15(18)10-12(2)13-4-6-16-7-5-13;/h12-14,16H,3-11H2,1-2H3;1H. The number of nitrogens with one attached hydrogen (secondary N) is 1. The van der Waals surface area contributed by atoms with Crippen molar-refractivity contribution in [2.75, 3.05) is 32.8 Å². The molecule has 4 nitrogen and oxygen atoms in total. The molecule has 0 aromatic carbocycles. The molecule has 2 aliphatic heterocycles. The predicted molar refractivity (Wildman–Crippen MR) is 83.2 cm³/mol. The van der Waals surface area contributed by atoms with E-state index in [0.717, 1.165) is 32.6 Å². The van der Waals surface area contributed by atoms with Crippen molar-refractivity contribution in [3.05, 3.63) is 0 Å². The van der Waals surface area contributed by atoms with Gasteiger partial charge in [-0.05, 0) is 44.2 Å². The van der Waals surface area contributed by atoms with Gasteiger partial charge in [0.25, 0.3) is 0 Å². The fourth-order valence-corrected chi connectivity index (χ4v) is 3.18. The molecule has 1 N–H and O–H groups in total. The Bertz CT molecular complexity index is 296. The van der Waals surface area contributed by atoms with Crippen LogP contribution in [0.2, 0.25) is 0 Å². The van der Waals surface area contributed by atoms with Gasteiger partial charge in [0.2, 0.25) is 5.91 Å². The number of halogens is 1. The molecule has 118 valence electrons. The van der Waals surface area contributed by atoms with Crippen molar-refractivity contribution in [2.24, 2.45) is 11.8 Å². The highest BCUT2D eigenvalue weighted by atomic mass is 35.5. The molecule has 0 aromatic rings. The van der Waals surface area contributed by atoms with Crippen molar-refractivity contribution in [1.29, 1.82) is 0 Å². The van der Waals surface area contributed by atoms with Gasteiger partial charge in [-0.3, -0.25) is 4.79 Å². The molecule has 1 amide bonds. The maximum Gasteiger partial charge on any atom is 0.223 e. The summed E-state index contributed by atoms with van der Waals surface area (Å²) >= 11 is 0. The third-order valence-corrected chi connectivity index (χ3v) is 4.63. The third kappa shape index (κ3) is 4.90. The van der Waals surface area contributed by atoms with E-state index in [9.17, 15) is 4.79 Å². The van der Waals surface area contributed by atoms with Crippen LogP contribution in [0.25, 0.3) is 0 Å². The van der Waals surface area contributed by atoms with E-state index >= 15 is 0 Å². The smallest absolute Gasteiger partial charge is 0.223 e. The molecule has 2 fully saturated rings. The summed E-state index contributed by atoms with van der Waals surface area (Å²) in [4.78, 5) is 14.4. The number of hydrogen-bond donors (Lipinski definition) is 1. The Morgan fingerprint density at radius 1 is 1.40 bits per heavy atom. The molecule has 2 aliphatic rings. The van der Waals surface area contributed by atoms with Crippen LogP contribution in [-0.4, -0.2) is 49.7 Å². The molecule has 2 rings (SSSR count). The van der Waals surface area contributed by atoms with E-state index in [4.69, 9.17) is 4.74 Å². The SMILES string of the molecule is CCC1CN(C(=O)CC(C)C2CCNCC2)CCO1.Cl. The summed E-state index contributed by atoms with van der Waals surface area (Å²) in [5.41, 5.74) is 0. The van der Waals surface area contributed by atoms with E-state index in [1.54, 1.807) is 0 Å². The largest absolute Gasteiger partial charge is 0.375 e. The fraction of sp³-hybridized carbons (Fsp3) is 0.933. The molecule has 0 saturated carbocycles. The zero-order valence-corrected chi connectivity index (χ0v) is 13.6. The van der Waals surface area contributed by atoms with Gasteiger partial charge in [0.05, 0.1) is 12.7 Å². The number of piperidine rings is 1. The second-order valence-electron chi connectivity index (χ2n) is 6.01. The molecular weight excluding hydrogens is 276 g/mol. The zero-order valence-electron chi connectivity index (χ0n) is 12.8. The summed E-state index contributed by atoms with van der Waals surface area (Å²) in [6, 6.07) is 0. The Hall–Kier alpha value is -0.320. The van der Waals surface area contributed by atoms with Crippen LogP contribution in [0.3, 0.4) is 0 Å². The molecule has 0 aromatic heterocycles. The van der Waals surface area contributed by atoms with Crippen molar-refractivity contribution >= 4 is 18.3 Å². The number of nitrogens with zero attached hydrogens (tertiary/aromatic N) is 1. The van der Waals surface area contributed by atoms with Crippen molar-refractivity contribution in [3.63, 3.8) is 0 Å². The van der Waals surface area contributed by atoms with Gasteiger partial charge in [-0.15, -0.1) is 12.4 Å². The minimum absolute atomic E-state index is 0. The molecule has 0 spiro atoms. The lowest BCUT2D eigenvalue weighted by atomic mass is 9.84. The molecule has 0 radical (unpaired) electrons. The van der Waals surface area contributed by atoms with Crippen LogP contribution in [0.1, 0.15) is 39.5 Å². The Morgan fingerprint density at radius 3 is 2.75 bits per heavy atom. The molecule has 2 atom stereocenters. The minimum atomic E-state index is 0. The highest BCUT2D eigenvalue weighted by Gasteiger charge is 2.27. The maximum atomic E-state index is 12.4. The second kappa shape index (κ2) is 8.85. The van der Waals surface area contributed by atoms with Gasteiger partial charge >= 0.3 is 0 Å². The second-order valence-corrected chi connectivity index (χ2v) is 6.01. The number of carbonyl (C=O) groups is 1. The van der Waals surface area contributed by atoms with Gasteiger partial charge in [-0.2, -0.15) is 0 Å². The van der Waals surface area contributed by atoms with Gasteiger partial charge in [0.15, 0.2) is 0 Å². The van der Waals surface area contributed by atoms with Gasteiger partial charge in [0.1, 0.15) is 0 Å². The monoisotopic (exact) mass is 304 g/mol. The number of carbonyl (C=O) groups excluding carboxylic acids is 1. The molecule has 2 heterocycles. The highest BCUT2D eigenvalue weighted by Crippen LogP contribution is 2.25. The number of ether oxygens (including phenoxy) is 1. The summed E-state index contributed by atoms with van der Waals surface area (Å²) in [5.74, 6) is 1.55. The topological polar surface area (TPSA) is 41.6 Å². The number of rotatable bonds is 4. The van der Waals surface area contributed by atoms with Crippen molar-refractivity contribution in [1.82, 2.24) is 10.2 Å². The predicted octanol–water partition coefficient (Wildman–Crippen LogP) is 2.07. The first kappa shape index (κ1) is 17.7. The lowest BCUT2D eigenvalue weighted by Gasteiger charge is -2.34. The summed E-state index contributed by atoms with van der Waals surface area (Å²) < 4.78 is 5.63. The average Bonchev–Trinajstić information content (AvgIpc) is 2.48. The Balaban J connectivity index is 0.00000200. The molecular formula is C15H29ClN2O2. The first-order valence-corrected chi connectivity index (χ1v) is 7.80. The maximum absolute atomic E-state index is 12.4. The van der Waals surface area contributed by atoms with Crippen LogP contribution in [-0.2, 0) is 9.53 Å². The molecule has 0 bridgehead atoms. The van der Waals surface area contributed by atoms with Gasteiger partial charge < -0.3 is 15.0 Å². The molecule has 20 heavy (non-hydrogen) atoms. The Morgan fingerprint density at radius 2 is 2.10 bits per heavy atom. The zero-order chi connectivity index (χ0) is 13.7. The van der Waals surface area contributed by atoms with E-state index in [1.807, 2.05) is 4.90 Å². The number of amides is 1. The first-order chi connectivity index (χ1) is 9.20. The van der Waals surface area contributed by atoms with E-state index in [1.165, 1.54) is 12.8 Å². The summed E-state index contributed by atoms with van der Waals surface area (Å²) in [6.07, 6.45) is 4.38. The fourth-order valence-electron chi connectivity index (χ4n) is 3.18. The minimum Gasteiger partial charge on any atom is -0.375 e. The highest BCUT2D eigenvalue weighted by molar-refractivity contribution is 5.85. The first-order valence-electron chi connectivity index (χ1n) is 7.80. The van der Waals surface area contributed by atoms with Crippen LogP contribution < -0.4 is 5.32 Å². The Kier molecular flexibility index (Phi) is 7.85. The van der Waals surface area contributed by atoms with Crippen LogP contribution in [0, 0.1) is 11.8 Å². The van der Waals surface area contributed by atoms with E-state index in [0.29, 0.717) is 30.8 Å². The summed E-state index contributed by atoms with van der Waals surface area (Å²) in [5, 5.41) is 3.39. The molecule has 5 heteroatoms. The van der Waals surface area contributed by atoms with Crippen LogP contribution in [0.15, 0.2) is 0 Å². The van der Waals surface area contributed by atoms with Gasteiger partial charge in [0, 0.05) is 19.5 Å². The van der Waals surface area contributed by atoms with Crippen LogP contribution in [0.5, 0.6) is 0 Å². The van der Waals surface area contributed by atoms with Gasteiger partial charge in [-0.25, -0.2) is 0 Å². The summed E-state index contributed by atoms with van der Waals surface area (Å²) in [7, 11) is 0.